The minimum atomic E-state index is -0.305. The van der Waals surface area contributed by atoms with E-state index in [1.807, 2.05) is 13.0 Å². The van der Waals surface area contributed by atoms with Gasteiger partial charge < -0.3 is 10.6 Å². The van der Waals surface area contributed by atoms with Gasteiger partial charge in [-0.05, 0) is 18.6 Å². The highest BCUT2D eigenvalue weighted by atomic mass is 32.1. The molecule has 88 valence electrons. The number of nitrogens with zero attached hydrogens (tertiary/aromatic N) is 3. The average molecular weight is 249 g/mol. The molecular weight excluding hydrogens is 238 g/mol. The molecule has 1 amide bonds. The molecule has 7 heteroatoms. The summed E-state index contributed by atoms with van der Waals surface area (Å²) in [7, 11) is 1.73. The van der Waals surface area contributed by atoms with Gasteiger partial charge in [-0.2, -0.15) is 0 Å². The first-order valence-corrected chi connectivity index (χ1v) is 5.76. The van der Waals surface area contributed by atoms with Crippen LogP contribution in [-0.4, -0.2) is 28.1 Å². The van der Waals surface area contributed by atoms with Gasteiger partial charge in [0.1, 0.15) is 5.82 Å². The summed E-state index contributed by atoms with van der Waals surface area (Å²) in [5, 5.41) is 13.9. The van der Waals surface area contributed by atoms with Crippen molar-refractivity contribution < 1.29 is 4.79 Å². The van der Waals surface area contributed by atoms with Crippen molar-refractivity contribution >= 4 is 28.2 Å². The van der Waals surface area contributed by atoms with Gasteiger partial charge in [-0.1, -0.05) is 17.4 Å². The van der Waals surface area contributed by atoms with E-state index in [0.29, 0.717) is 16.0 Å². The summed E-state index contributed by atoms with van der Waals surface area (Å²) in [5.41, 5.74) is 1.04. The summed E-state index contributed by atoms with van der Waals surface area (Å²) in [6.45, 7) is 1.93. The maximum atomic E-state index is 11.8. The molecule has 0 unspecified atom stereocenters. The normalized spacial score (nSPS) is 10.0. The molecule has 0 atom stereocenters. The predicted molar refractivity (Wildman–Crippen MR) is 66.4 cm³/mol. The van der Waals surface area contributed by atoms with Crippen LogP contribution in [0.2, 0.25) is 0 Å². The zero-order valence-corrected chi connectivity index (χ0v) is 10.2. The van der Waals surface area contributed by atoms with E-state index in [9.17, 15) is 4.79 Å². The third kappa shape index (κ3) is 2.76. The number of aromatic nitrogens is 3. The Balaban J connectivity index is 2.08. The monoisotopic (exact) mass is 249 g/mol. The maximum Gasteiger partial charge on any atom is 0.287 e. The molecule has 0 aliphatic heterocycles. The Morgan fingerprint density at radius 1 is 1.35 bits per heavy atom. The first kappa shape index (κ1) is 11.5. The second kappa shape index (κ2) is 4.88. The van der Waals surface area contributed by atoms with Crippen molar-refractivity contribution in [2.75, 3.05) is 17.7 Å². The lowest BCUT2D eigenvalue weighted by atomic mass is 10.3. The maximum absolute atomic E-state index is 11.8. The number of carbonyl (C=O) groups is 1. The Hall–Kier alpha value is -2.02. The highest BCUT2D eigenvalue weighted by Gasteiger charge is 2.12. The molecular formula is C10H11N5OS. The zero-order chi connectivity index (χ0) is 12.3. The summed E-state index contributed by atoms with van der Waals surface area (Å²) >= 11 is 1.19. The van der Waals surface area contributed by atoms with Gasteiger partial charge >= 0.3 is 0 Å². The van der Waals surface area contributed by atoms with E-state index in [1.54, 1.807) is 19.3 Å². The third-order valence-corrected chi connectivity index (χ3v) is 2.93. The molecule has 0 saturated heterocycles. The Bertz CT molecular complexity index is 522. The van der Waals surface area contributed by atoms with Crippen LogP contribution in [0.1, 0.15) is 15.4 Å². The van der Waals surface area contributed by atoms with Gasteiger partial charge in [-0.25, -0.2) is 4.98 Å². The van der Waals surface area contributed by atoms with Crippen molar-refractivity contribution in [1.82, 2.24) is 15.2 Å². The summed E-state index contributed by atoms with van der Waals surface area (Å²) in [4.78, 5) is 15.8. The molecule has 2 rings (SSSR count). The van der Waals surface area contributed by atoms with Crippen molar-refractivity contribution in [2.24, 2.45) is 0 Å². The first-order chi connectivity index (χ1) is 8.19. The molecule has 6 nitrogen and oxygen atoms in total. The Morgan fingerprint density at radius 2 is 2.18 bits per heavy atom. The summed E-state index contributed by atoms with van der Waals surface area (Å²) in [6.07, 6.45) is 1.69. The van der Waals surface area contributed by atoms with Gasteiger partial charge in [0.15, 0.2) is 0 Å². The van der Waals surface area contributed by atoms with Crippen LogP contribution in [-0.2, 0) is 0 Å². The second-order valence-electron chi connectivity index (χ2n) is 3.34. The Morgan fingerprint density at radius 3 is 2.76 bits per heavy atom. The van der Waals surface area contributed by atoms with Gasteiger partial charge in [0.25, 0.3) is 5.91 Å². The van der Waals surface area contributed by atoms with Crippen LogP contribution >= 0.6 is 11.3 Å². The van der Waals surface area contributed by atoms with E-state index >= 15 is 0 Å². The predicted octanol–water partition coefficient (Wildman–Crippen LogP) is 1.54. The quantitative estimate of drug-likeness (QED) is 0.862. The Kier molecular flexibility index (Phi) is 3.29. The number of pyridine rings is 1. The van der Waals surface area contributed by atoms with Gasteiger partial charge in [-0.15, -0.1) is 10.2 Å². The largest absolute Gasteiger partial charge is 0.363 e. The van der Waals surface area contributed by atoms with Crippen molar-refractivity contribution in [2.45, 2.75) is 6.92 Å². The fourth-order valence-electron chi connectivity index (χ4n) is 1.13. The lowest BCUT2D eigenvalue weighted by Gasteiger charge is -2.01. The van der Waals surface area contributed by atoms with Crippen LogP contribution in [0, 0.1) is 6.92 Å². The van der Waals surface area contributed by atoms with E-state index in [0.717, 1.165) is 5.56 Å². The number of nitrogens with one attached hydrogen (secondary N) is 2. The molecule has 0 aliphatic rings. The summed E-state index contributed by atoms with van der Waals surface area (Å²) in [5.74, 6) is 0.196. The number of carbonyl (C=O) groups excluding carboxylic acids is 1. The number of amides is 1. The molecule has 2 aromatic heterocycles. The van der Waals surface area contributed by atoms with Crippen molar-refractivity contribution in [3.05, 3.63) is 28.9 Å². The topological polar surface area (TPSA) is 79.8 Å². The fourth-order valence-corrected chi connectivity index (χ4v) is 1.72. The van der Waals surface area contributed by atoms with Gasteiger partial charge in [0, 0.05) is 13.2 Å². The van der Waals surface area contributed by atoms with Crippen LogP contribution < -0.4 is 10.6 Å². The number of hydrogen-bond acceptors (Lipinski definition) is 6. The standard InChI is InChI=1S/C10H11N5OS/c1-6-3-4-7(12-5-6)13-8(16)9-14-15-10(11-2)17-9/h3-5H,1-2H3,(H,11,15)(H,12,13,16). The van der Waals surface area contributed by atoms with E-state index in [2.05, 4.69) is 25.8 Å². The van der Waals surface area contributed by atoms with E-state index in [1.165, 1.54) is 11.3 Å². The van der Waals surface area contributed by atoms with Crippen LogP contribution in [0.3, 0.4) is 0 Å². The molecule has 0 bridgehead atoms. The number of aryl methyl sites for hydroxylation is 1. The van der Waals surface area contributed by atoms with Gasteiger partial charge in [0.05, 0.1) is 0 Å². The SMILES string of the molecule is CNc1nnc(C(=O)Nc2ccc(C)cn2)s1. The van der Waals surface area contributed by atoms with Gasteiger partial charge in [0.2, 0.25) is 10.1 Å². The van der Waals surface area contributed by atoms with Gasteiger partial charge in [-0.3, -0.25) is 4.79 Å². The molecule has 2 N–H and O–H groups in total. The number of rotatable bonds is 3. The molecule has 0 saturated carbocycles. The second-order valence-corrected chi connectivity index (χ2v) is 4.31. The van der Waals surface area contributed by atoms with Crippen molar-refractivity contribution in [3.63, 3.8) is 0 Å². The molecule has 0 aliphatic carbocycles. The van der Waals surface area contributed by atoms with Crippen LogP contribution in [0.15, 0.2) is 18.3 Å². The van der Waals surface area contributed by atoms with Crippen molar-refractivity contribution in [1.29, 1.82) is 0 Å². The smallest absolute Gasteiger partial charge is 0.287 e. The van der Waals surface area contributed by atoms with Crippen LogP contribution in [0.25, 0.3) is 0 Å². The molecule has 0 fully saturated rings. The molecule has 0 aromatic carbocycles. The fraction of sp³-hybridized carbons (Fsp3) is 0.200. The first-order valence-electron chi connectivity index (χ1n) is 4.94. The average Bonchev–Trinajstić information content (AvgIpc) is 2.81. The molecule has 17 heavy (non-hydrogen) atoms. The van der Waals surface area contributed by atoms with Crippen molar-refractivity contribution in [3.8, 4) is 0 Å². The highest BCUT2D eigenvalue weighted by molar-refractivity contribution is 7.17. The zero-order valence-electron chi connectivity index (χ0n) is 9.39. The molecule has 2 aromatic rings. The highest BCUT2D eigenvalue weighted by Crippen LogP contribution is 2.15. The lowest BCUT2D eigenvalue weighted by molar-refractivity contribution is 0.102. The van der Waals surface area contributed by atoms with Crippen LogP contribution in [0.5, 0.6) is 0 Å². The Labute approximate surface area is 102 Å². The lowest BCUT2D eigenvalue weighted by Crippen LogP contribution is -2.12. The van der Waals surface area contributed by atoms with E-state index in [4.69, 9.17) is 0 Å². The minimum Gasteiger partial charge on any atom is -0.363 e. The number of hydrogen-bond donors (Lipinski definition) is 2. The van der Waals surface area contributed by atoms with E-state index < -0.39 is 0 Å². The summed E-state index contributed by atoms with van der Waals surface area (Å²) < 4.78 is 0. The summed E-state index contributed by atoms with van der Waals surface area (Å²) in [6, 6.07) is 3.62. The van der Waals surface area contributed by atoms with E-state index in [-0.39, 0.29) is 5.91 Å². The minimum absolute atomic E-state index is 0.303. The molecule has 0 radical (unpaired) electrons. The third-order valence-electron chi connectivity index (χ3n) is 1.99. The molecule has 0 spiro atoms. The van der Waals surface area contributed by atoms with Crippen LogP contribution in [0.4, 0.5) is 10.9 Å². The number of anilines is 2. The molecule has 2 heterocycles.